The average Bonchev–Trinajstić information content (AvgIpc) is 2.70. The Hall–Kier alpha value is -2.62. The molecule has 1 aliphatic carbocycles. The first kappa shape index (κ1) is 19.2. The molecular formula is C23H27NO3. The lowest BCUT2D eigenvalue weighted by Crippen LogP contribution is -2.29. The Morgan fingerprint density at radius 1 is 1.00 bits per heavy atom. The van der Waals surface area contributed by atoms with Crippen molar-refractivity contribution in [3.05, 3.63) is 65.7 Å². The van der Waals surface area contributed by atoms with E-state index in [-0.39, 0.29) is 17.8 Å². The first-order chi connectivity index (χ1) is 13.2. The predicted octanol–water partition coefficient (Wildman–Crippen LogP) is 5.17. The molecule has 142 valence electrons. The predicted molar refractivity (Wildman–Crippen MR) is 107 cm³/mol. The van der Waals surface area contributed by atoms with E-state index in [1.807, 2.05) is 30.3 Å². The summed E-state index contributed by atoms with van der Waals surface area (Å²) in [5.41, 5.74) is 2.26. The molecule has 4 heteroatoms. The molecule has 0 spiro atoms. The third-order valence-electron chi connectivity index (χ3n) is 5.23. The number of hydrogen-bond acceptors (Lipinski definition) is 3. The van der Waals surface area contributed by atoms with Gasteiger partial charge in [-0.15, -0.1) is 0 Å². The van der Waals surface area contributed by atoms with Crippen LogP contribution in [0.25, 0.3) is 0 Å². The molecule has 2 aromatic rings. The Morgan fingerprint density at radius 2 is 1.67 bits per heavy atom. The van der Waals surface area contributed by atoms with Crippen LogP contribution in [-0.2, 0) is 9.53 Å². The maximum atomic E-state index is 13.1. The smallest absolute Gasteiger partial charge is 0.338 e. The minimum atomic E-state index is -0.347. The van der Waals surface area contributed by atoms with Crippen LogP contribution in [-0.4, -0.2) is 18.5 Å². The molecule has 0 heterocycles. The van der Waals surface area contributed by atoms with Crippen LogP contribution in [0, 0.1) is 5.92 Å². The van der Waals surface area contributed by atoms with E-state index in [4.69, 9.17) is 4.74 Å². The van der Waals surface area contributed by atoms with Gasteiger partial charge in [-0.3, -0.25) is 4.79 Å². The normalized spacial score (nSPS) is 15.7. The number of carbonyl (C=O) groups excluding carboxylic acids is 2. The molecule has 1 N–H and O–H groups in total. The highest BCUT2D eigenvalue weighted by Crippen LogP contribution is 2.36. The van der Waals surface area contributed by atoms with Crippen molar-refractivity contribution >= 4 is 17.6 Å². The summed E-state index contributed by atoms with van der Waals surface area (Å²) in [6, 6.07) is 16.9. The third kappa shape index (κ3) is 4.97. The van der Waals surface area contributed by atoms with E-state index in [0.717, 1.165) is 18.4 Å². The fourth-order valence-corrected chi connectivity index (χ4v) is 3.89. The second-order valence-corrected chi connectivity index (χ2v) is 7.07. The van der Waals surface area contributed by atoms with Crippen LogP contribution < -0.4 is 5.32 Å². The van der Waals surface area contributed by atoms with Gasteiger partial charge in [0.25, 0.3) is 0 Å². The van der Waals surface area contributed by atoms with Gasteiger partial charge in [-0.2, -0.15) is 0 Å². The van der Waals surface area contributed by atoms with E-state index in [2.05, 4.69) is 5.32 Å². The Morgan fingerprint density at radius 3 is 2.30 bits per heavy atom. The molecular weight excluding hydrogens is 338 g/mol. The molecule has 1 atom stereocenters. The number of hydrogen-bond donors (Lipinski definition) is 1. The molecule has 1 amide bonds. The highest BCUT2D eigenvalue weighted by molar-refractivity contribution is 5.97. The topological polar surface area (TPSA) is 55.4 Å². The van der Waals surface area contributed by atoms with Gasteiger partial charge in [0, 0.05) is 5.69 Å². The fourth-order valence-electron chi connectivity index (χ4n) is 3.89. The van der Waals surface area contributed by atoms with Gasteiger partial charge in [0.1, 0.15) is 0 Å². The van der Waals surface area contributed by atoms with E-state index >= 15 is 0 Å². The van der Waals surface area contributed by atoms with Crippen molar-refractivity contribution in [2.45, 2.75) is 44.9 Å². The fraction of sp³-hybridized carbons (Fsp3) is 0.391. The van der Waals surface area contributed by atoms with E-state index in [0.29, 0.717) is 23.8 Å². The Balaban J connectivity index is 1.75. The second kappa shape index (κ2) is 9.36. The maximum absolute atomic E-state index is 13.1. The molecule has 0 aliphatic heterocycles. The lowest BCUT2D eigenvalue weighted by Gasteiger charge is -2.29. The van der Waals surface area contributed by atoms with Crippen LogP contribution in [0.4, 0.5) is 5.69 Å². The van der Waals surface area contributed by atoms with Gasteiger partial charge in [-0.25, -0.2) is 4.79 Å². The SMILES string of the molecule is CCOC(=O)c1ccc(NC(=O)[C@H](c2ccccc2)C2CCCCC2)cc1. The zero-order valence-corrected chi connectivity index (χ0v) is 15.8. The summed E-state index contributed by atoms with van der Waals surface area (Å²) >= 11 is 0. The summed E-state index contributed by atoms with van der Waals surface area (Å²) in [4.78, 5) is 24.9. The van der Waals surface area contributed by atoms with E-state index in [9.17, 15) is 9.59 Å². The van der Waals surface area contributed by atoms with Crippen molar-refractivity contribution in [2.75, 3.05) is 11.9 Å². The average molecular weight is 365 g/mol. The molecule has 1 fully saturated rings. The molecule has 3 rings (SSSR count). The molecule has 0 radical (unpaired) electrons. The number of amides is 1. The van der Waals surface area contributed by atoms with Crippen molar-refractivity contribution in [1.82, 2.24) is 0 Å². The zero-order valence-electron chi connectivity index (χ0n) is 15.8. The number of ether oxygens (including phenoxy) is 1. The number of nitrogens with one attached hydrogen (secondary N) is 1. The van der Waals surface area contributed by atoms with Crippen molar-refractivity contribution in [3.63, 3.8) is 0 Å². The van der Waals surface area contributed by atoms with Crippen LogP contribution in [0.15, 0.2) is 54.6 Å². The number of carbonyl (C=O) groups is 2. The van der Waals surface area contributed by atoms with Gasteiger partial charge < -0.3 is 10.1 Å². The summed E-state index contributed by atoms with van der Waals surface area (Å²) in [6.07, 6.45) is 5.82. The Kier molecular flexibility index (Phi) is 6.64. The van der Waals surface area contributed by atoms with Crippen LogP contribution in [0.3, 0.4) is 0 Å². The van der Waals surface area contributed by atoms with Crippen LogP contribution in [0.5, 0.6) is 0 Å². The number of benzene rings is 2. The van der Waals surface area contributed by atoms with Crippen molar-refractivity contribution in [2.24, 2.45) is 5.92 Å². The molecule has 2 aromatic carbocycles. The molecule has 0 aromatic heterocycles. The number of anilines is 1. The summed E-state index contributed by atoms with van der Waals surface area (Å²) < 4.78 is 5.00. The van der Waals surface area contributed by atoms with E-state index in [1.165, 1.54) is 19.3 Å². The minimum Gasteiger partial charge on any atom is -0.462 e. The molecule has 0 unspecified atom stereocenters. The molecule has 4 nitrogen and oxygen atoms in total. The van der Waals surface area contributed by atoms with E-state index in [1.54, 1.807) is 31.2 Å². The van der Waals surface area contributed by atoms with Crippen LogP contribution in [0.1, 0.15) is 60.9 Å². The summed E-state index contributed by atoms with van der Waals surface area (Å²) in [6.45, 7) is 2.12. The van der Waals surface area contributed by atoms with Crippen molar-refractivity contribution < 1.29 is 14.3 Å². The van der Waals surface area contributed by atoms with Gasteiger partial charge in [-0.1, -0.05) is 49.6 Å². The van der Waals surface area contributed by atoms with Crippen LogP contribution >= 0.6 is 0 Å². The van der Waals surface area contributed by atoms with Crippen LogP contribution in [0.2, 0.25) is 0 Å². The lowest BCUT2D eigenvalue weighted by molar-refractivity contribution is -0.119. The summed E-state index contributed by atoms with van der Waals surface area (Å²) in [7, 11) is 0. The lowest BCUT2D eigenvalue weighted by atomic mass is 9.76. The van der Waals surface area contributed by atoms with Gasteiger partial charge in [0.15, 0.2) is 0 Å². The van der Waals surface area contributed by atoms with Gasteiger partial charge in [-0.05, 0) is 55.5 Å². The molecule has 1 saturated carbocycles. The van der Waals surface area contributed by atoms with Gasteiger partial charge in [0.2, 0.25) is 5.91 Å². The highest BCUT2D eigenvalue weighted by Gasteiger charge is 2.30. The van der Waals surface area contributed by atoms with Crippen molar-refractivity contribution in [1.29, 1.82) is 0 Å². The monoisotopic (exact) mass is 365 g/mol. The minimum absolute atomic E-state index is 0.0250. The first-order valence-electron chi connectivity index (χ1n) is 9.82. The Bertz CT molecular complexity index is 749. The highest BCUT2D eigenvalue weighted by atomic mass is 16.5. The quantitative estimate of drug-likeness (QED) is 0.719. The van der Waals surface area contributed by atoms with Gasteiger partial charge >= 0.3 is 5.97 Å². The standard InChI is InChI=1S/C23H27NO3/c1-2-27-23(26)19-13-15-20(16-14-19)24-22(25)21(17-9-5-3-6-10-17)18-11-7-4-8-12-18/h3,5-6,9-10,13-16,18,21H,2,4,7-8,11-12H2,1H3,(H,24,25)/t21-/m1/s1. The summed E-state index contributed by atoms with van der Waals surface area (Å²) in [5, 5.41) is 3.04. The molecule has 0 saturated heterocycles. The molecule has 27 heavy (non-hydrogen) atoms. The zero-order chi connectivity index (χ0) is 19.1. The summed E-state index contributed by atoms with van der Waals surface area (Å²) in [5.74, 6) is -0.0899. The second-order valence-electron chi connectivity index (χ2n) is 7.07. The third-order valence-corrected chi connectivity index (χ3v) is 5.23. The number of esters is 1. The first-order valence-corrected chi connectivity index (χ1v) is 9.82. The molecule has 0 bridgehead atoms. The van der Waals surface area contributed by atoms with Gasteiger partial charge in [0.05, 0.1) is 18.1 Å². The number of rotatable bonds is 6. The Labute approximate surface area is 160 Å². The van der Waals surface area contributed by atoms with E-state index < -0.39 is 0 Å². The largest absolute Gasteiger partial charge is 0.462 e. The molecule has 1 aliphatic rings. The van der Waals surface area contributed by atoms with Crippen molar-refractivity contribution in [3.8, 4) is 0 Å². The maximum Gasteiger partial charge on any atom is 0.338 e.